The van der Waals surface area contributed by atoms with E-state index in [1.54, 1.807) is 33.2 Å². The van der Waals surface area contributed by atoms with Crippen LogP contribution in [-0.2, 0) is 0 Å². The molecule has 1 N–H and O–H groups in total. The summed E-state index contributed by atoms with van der Waals surface area (Å²) in [4.78, 5) is 11.4. The number of hydrogen-bond donors (Lipinski definition) is 1. The second-order valence-corrected chi connectivity index (χ2v) is 3.30. The number of benzene rings is 1. The van der Waals surface area contributed by atoms with Gasteiger partial charge in [-0.2, -0.15) is 0 Å². The molecular formula is C10H13FN2O. The molecule has 0 aromatic heterocycles. The van der Waals surface area contributed by atoms with E-state index in [-0.39, 0.29) is 11.7 Å². The molecule has 0 fully saturated rings. The standard InChI is InChI=1S/C10H13FN2O/c1-7-4-5-8(6-9(7)11)10(14)12-13(2)3/h4-6H,1-3H3,(H,12,14). The van der Waals surface area contributed by atoms with Crippen molar-refractivity contribution in [2.75, 3.05) is 14.1 Å². The number of carbonyl (C=O) groups is 1. The molecule has 1 aromatic rings. The lowest BCUT2D eigenvalue weighted by molar-refractivity contribution is 0.0856. The minimum Gasteiger partial charge on any atom is -0.285 e. The topological polar surface area (TPSA) is 32.3 Å². The molecule has 76 valence electrons. The average Bonchev–Trinajstić information content (AvgIpc) is 2.08. The van der Waals surface area contributed by atoms with Gasteiger partial charge >= 0.3 is 0 Å². The Balaban J connectivity index is 2.86. The Bertz CT molecular complexity index is 350. The van der Waals surface area contributed by atoms with Gasteiger partial charge in [0, 0.05) is 19.7 Å². The van der Waals surface area contributed by atoms with E-state index in [1.165, 1.54) is 11.1 Å². The van der Waals surface area contributed by atoms with Gasteiger partial charge in [0.2, 0.25) is 0 Å². The molecule has 0 spiro atoms. The van der Waals surface area contributed by atoms with Gasteiger partial charge in [-0.25, -0.2) is 9.40 Å². The molecule has 1 rings (SSSR count). The molecule has 0 saturated heterocycles. The number of aryl methyl sites for hydroxylation is 1. The average molecular weight is 196 g/mol. The van der Waals surface area contributed by atoms with E-state index < -0.39 is 0 Å². The number of amides is 1. The van der Waals surface area contributed by atoms with Crippen molar-refractivity contribution in [3.05, 3.63) is 35.1 Å². The maximum absolute atomic E-state index is 13.1. The molecular weight excluding hydrogens is 183 g/mol. The van der Waals surface area contributed by atoms with Crippen LogP contribution >= 0.6 is 0 Å². The van der Waals surface area contributed by atoms with E-state index in [4.69, 9.17) is 0 Å². The lowest BCUT2D eigenvalue weighted by atomic mass is 10.1. The molecule has 0 radical (unpaired) electrons. The van der Waals surface area contributed by atoms with Crippen LogP contribution in [0, 0.1) is 12.7 Å². The Hall–Kier alpha value is -1.42. The van der Waals surface area contributed by atoms with Crippen molar-refractivity contribution < 1.29 is 9.18 Å². The summed E-state index contributed by atoms with van der Waals surface area (Å²) in [5.74, 6) is -0.676. The van der Waals surface area contributed by atoms with Gasteiger partial charge in [-0.3, -0.25) is 10.2 Å². The maximum atomic E-state index is 13.1. The van der Waals surface area contributed by atoms with E-state index in [2.05, 4.69) is 5.43 Å². The highest BCUT2D eigenvalue weighted by Crippen LogP contribution is 2.08. The Labute approximate surface area is 82.5 Å². The second-order valence-electron chi connectivity index (χ2n) is 3.30. The number of nitrogens with zero attached hydrogens (tertiary/aromatic N) is 1. The highest BCUT2D eigenvalue weighted by Gasteiger charge is 2.07. The minimum atomic E-state index is -0.364. The van der Waals surface area contributed by atoms with Crippen molar-refractivity contribution in [1.29, 1.82) is 0 Å². The third-order valence-corrected chi connectivity index (χ3v) is 1.76. The number of hydrazine groups is 1. The van der Waals surface area contributed by atoms with Crippen molar-refractivity contribution in [3.8, 4) is 0 Å². The van der Waals surface area contributed by atoms with Gasteiger partial charge in [0.05, 0.1) is 0 Å². The first-order valence-corrected chi connectivity index (χ1v) is 4.25. The summed E-state index contributed by atoms with van der Waals surface area (Å²) in [5, 5.41) is 1.51. The number of rotatable bonds is 2. The highest BCUT2D eigenvalue weighted by molar-refractivity contribution is 5.93. The predicted molar refractivity (Wildman–Crippen MR) is 52.3 cm³/mol. The molecule has 0 aliphatic rings. The quantitative estimate of drug-likeness (QED) is 0.724. The van der Waals surface area contributed by atoms with Crippen molar-refractivity contribution in [3.63, 3.8) is 0 Å². The van der Waals surface area contributed by atoms with Gasteiger partial charge in [-0.15, -0.1) is 0 Å². The van der Waals surface area contributed by atoms with E-state index >= 15 is 0 Å². The molecule has 0 bridgehead atoms. The Morgan fingerprint density at radius 1 is 1.43 bits per heavy atom. The molecule has 0 aliphatic carbocycles. The molecule has 3 nitrogen and oxygen atoms in total. The maximum Gasteiger partial charge on any atom is 0.265 e. The van der Waals surface area contributed by atoms with Gasteiger partial charge in [0.1, 0.15) is 5.82 Å². The summed E-state index contributed by atoms with van der Waals surface area (Å²) in [5.41, 5.74) is 3.39. The summed E-state index contributed by atoms with van der Waals surface area (Å²) < 4.78 is 13.1. The van der Waals surface area contributed by atoms with Crippen LogP contribution in [0.5, 0.6) is 0 Å². The fourth-order valence-corrected chi connectivity index (χ4v) is 1.00. The Kier molecular flexibility index (Phi) is 3.19. The SMILES string of the molecule is Cc1ccc(C(=O)NN(C)C)cc1F. The lowest BCUT2D eigenvalue weighted by Crippen LogP contribution is -2.36. The smallest absolute Gasteiger partial charge is 0.265 e. The summed E-state index contributed by atoms with van der Waals surface area (Å²) in [6, 6.07) is 4.41. The zero-order chi connectivity index (χ0) is 10.7. The van der Waals surface area contributed by atoms with E-state index in [0.717, 1.165) is 0 Å². The first-order valence-electron chi connectivity index (χ1n) is 4.25. The molecule has 0 heterocycles. The van der Waals surface area contributed by atoms with Gasteiger partial charge in [0.25, 0.3) is 5.91 Å². The monoisotopic (exact) mass is 196 g/mol. The van der Waals surface area contributed by atoms with Crippen LogP contribution in [0.1, 0.15) is 15.9 Å². The number of carbonyl (C=O) groups excluding carboxylic acids is 1. The van der Waals surface area contributed by atoms with Gasteiger partial charge in [-0.1, -0.05) is 6.07 Å². The minimum absolute atomic E-state index is 0.311. The van der Waals surface area contributed by atoms with Gasteiger partial charge in [-0.05, 0) is 24.6 Å². The normalized spacial score (nSPS) is 10.4. The van der Waals surface area contributed by atoms with Crippen LogP contribution in [0.2, 0.25) is 0 Å². The van der Waals surface area contributed by atoms with Crippen LogP contribution in [-0.4, -0.2) is 25.0 Å². The van der Waals surface area contributed by atoms with Crippen LogP contribution in [0.25, 0.3) is 0 Å². The van der Waals surface area contributed by atoms with E-state index in [9.17, 15) is 9.18 Å². The van der Waals surface area contributed by atoms with Crippen molar-refractivity contribution >= 4 is 5.91 Å². The third-order valence-electron chi connectivity index (χ3n) is 1.76. The van der Waals surface area contributed by atoms with E-state index in [0.29, 0.717) is 11.1 Å². The van der Waals surface area contributed by atoms with Crippen molar-refractivity contribution in [2.45, 2.75) is 6.92 Å². The molecule has 1 aromatic carbocycles. The number of hydrogen-bond acceptors (Lipinski definition) is 2. The number of nitrogens with one attached hydrogen (secondary N) is 1. The largest absolute Gasteiger partial charge is 0.285 e. The van der Waals surface area contributed by atoms with Crippen LogP contribution in [0.3, 0.4) is 0 Å². The Morgan fingerprint density at radius 3 is 2.57 bits per heavy atom. The summed E-state index contributed by atoms with van der Waals surface area (Å²) in [6.45, 7) is 1.66. The van der Waals surface area contributed by atoms with Crippen LogP contribution < -0.4 is 5.43 Å². The van der Waals surface area contributed by atoms with Crippen LogP contribution in [0.4, 0.5) is 4.39 Å². The number of halogens is 1. The summed E-state index contributed by atoms with van der Waals surface area (Å²) in [7, 11) is 3.39. The second kappa shape index (κ2) is 4.19. The molecule has 0 aliphatic heterocycles. The van der Waals surface area contributed by atoms with Crippen molar-refractivity contribution in [1.82, 2.24) is 10.4 Å². The fourth-order valence-electron chi connectivity index (χ4n) is 1.00. The first-order chi connectivity index (χ1) is 6.50. The van der Waals surface area contributed by atoms with E-state index in [1.807, 2.05) is 0 Å². The Morgan fingerprint density at radius 2 is 2.07 bits per heavy atom. The molecule has 1 amide bonds. The van der Waals surface area contributed by atoms with Gasteiger partial charge in [0.15, 0.2) is 0 Å². The molecule has 4 heteroatoms. The van der Waals surface area contributed by atoms with Crippen molar-refractivity contribution in [2.24, 2.45) is 0 Å². The molecule has 0 atom stereocenters. The zero-order valence-electron chi connectivity index (χ0n) is 8.47. The summed E-state index contributed by atoms with van der Waals surface area (Å²) >= 11 is 0. The van der Waals surface area contributed by atoms with Gasteiger partial charge < -0.3 is 0 Å². The molecule has 0 unspecified atom stereocenters. The third kappa shape index (κ3) is 2.53. The highest BCUT2D eigenvalue weighted by atomic mass is 19.1. The zero-order valence-corrected chi connectivity index (χ0v) is 8.47. The molecule has 14 heavy (non-hydrogen) atoms. The van der Waals surface area contributed by atoms with Crippen LogP contribution in [0.15, 0.2) is 18.2 Å². The molecule has 0 saturated carbocycles. The summed E-state index contributed by atoms with van der Waals surface area (Å²) in [6.07, 6.45) is 0. The first kappa shape index (κ1) is 10.7. The fraction of sp³-hybridized carbons (Fsp3) is 0.300. The lowest BCUT2D eigenvalue weighted by Gasteiger charge is -2.11. The predicted octanol–water partition coefficient (Wildman–Crippen LogP) is 1.34.